The first-order chi connectivity index (χ1) is 13.6. The van der Waals surface area contributed by atoms with E-state index in [4.69, 9.17) is 16.6 Å². The van der Waals surface area contributed by atoms with E-state index in [1.807, 2.05) is 25.1 Å². The summed E-state index contributed by atoms with van der Waals surface area (Å²) in [5.41, 5.74) is 12.7. The Balaban J connectivity index is 1.91. The molecule has 6 heteroatoms. The summed E-state index contributed by atoms with van der Waals surface area (Å²) in [4.78, 5) is 4.63. The third-order valence-electron chi connectivity index (χ3n) is 5.35. The second kappa shape index (κ2) is 8.49. The molecule has 0 radical (unpaired) electrons. The number of nitrogens with one attached hydrogen (secondary N) is 3. The predicted octanol–water partition coefficient (Wildman–Crippen LogP) is 3.78. The number of nitrogens with zero attached hydrogens (tertiary/aromatic N) is 2. The third kappa shape index (κ3) is 3.79. The Bertz CT molecular complexity index is 983. The van der Waals surface area contributed by atoms with Gasteiger partial charge in [-0.2, -0.15) is 5.26 Å². The fourth-order valence-corrected chi connectivity index (χ4v) is 3.83. The van der Waals surface area contributed by atoms with Gasteiger partial charge in [0.25, 0.3) is 0 Å². The monoisotopic (exact) mass is 372 g/mol. The zero-order valence-corrected chi connectivity index (χ0v) is 15.9. The van der Waals surface area contributed by atoms with E-state index in [1.54, 1.807) is 6.20 Å². The maximum atomic E-state index is 9.27. The molecule has 0 bridgehead atoms. The van der Waals surface area contributed by atoms with Crippen LogP contribution in [-0.2, 0) is 12.8 Å². The Morgan fingerprint density at radius 1 is 1.43 bits per heavy atom. The van der Waals surface area contributed by atoms with Crippen molar-refractivity contribution in [1.29, 1.82) is 16.1 Å². The maximum absolute atomic E-state index is 9.27. The normalized spacial score (nSPS) is 16.0. The summed E-state index contributed by atoms with van der Waals surface area (Å²) in [7, 11) is 0. The van der Waals surface area contributed by atoms with Crippen LogP contribution in [0.3, 0.4) is 0 Å². The molecule has 1 unspecified atom stereocenters. The maximum Gasteiger partial charge on any atom is 0.101 e. The first-order valence-electron chi connectivity index (χ1n) is 9.32. The fourth-order valence-electron chi connectivity index (χ4n) is 3.83. The van der Waals surface area contributed by atoms with Crippen molar-refractivity contribution >= 4 is 18.1 Å². The average Bonchev–Trinajstić information content (AvgIpc) is 2.73. The molecule has 0 spiro atoms. The highest BCUT2D eigenvalue weighted by molar-refractivity contribution is 5.89. The third-order valence-corrected chi connectivity index (χ3v) is 5.35. The number of rotatable bonds is 6. The van der Waals surface area contributed by atoms with Gasteiger partial charge in [0.15, 0.2) is 0 Å². The topological polar surface area (TPSA) is 122 Å². The lowest BCUT2D eigenvalue weighted by Crippen LogP contribution is -2.16. The first-order valence-corrected chi connectivity index (χ1v) is 9.32. The molecule has 1 aliphatic carbocycles. The fraction of sp³-hybridized carbons (Fsp3) is 0.273. The number of aromatic nitrogens is 1. The van der Waals surface area contributed by atoms with Crippen molar-refractivity contribution in [3.63, 3.8) is 0 Å². The van der Waals surface area contributed by atoms with Gasteiger partial charge in [-0.25, -0.2) is 0 Å². The highest BCUT2D eigenvalue weighted by Gasteiger charge is 2.24. The molecule has 0 aliphatic heterocycles. The molecule has 28 heavy (non-hydrogen) atoms. The molecule has 0 fully saturated rings. The molecule has 0 saturated heterocycles. The van der Waals surface area contributed by atoms with Crippen LogP contribution in [0.2, 0.25) is 0 Å². The number of hydrogen-bond acceptors (Lipinski definition) is 6. The molecular weight excluding hydrogens is 348 g/mol. The zero-order chi connectivity index (χ0) is 20.1. The van der Waals surface area contributed by atoms with Gasteiger partial charge in [-0.15, -0.1) is 0 Å². The molecule has 5 N–H and O–H groups in total. The second-order valence-corrected chi connectivity index (χ2v) is 7.02. The van der Waals surface area contributed by atoms with Gasteiger partial charge in [0.1, 0.15) is 6.07 Å². The minimum absolute atomic E-state index is 0.307. The van der Waals surface area contributed by atoms with Crippen molar-refractivity contribution in [3.05, 3.63) is 69.8 Å². The number of hydrogen-bond donors (Lipinski definition) is 4. The Kier molecular flexibility index (Phi) is 5.85. The van der Waals surface area contributed by atoms with Crippen LogP contribution in [0, 0.1) is 29.1 Å². The second-order valence-electron chi connectivity index (χ2n) is 7.02. The van der Waals surface area contributed by atoms with Crippen molar-refractivity contribution < 1.29 is 0 Å². The van der Waals surface area contributed by atoms with Crippen LogP contribution in [0.1, 0.15) is 52.3 Å². The molecule has 3 rings (SSSR count). The largest absolute Gasteiger partial charge is 0.403 e. The number of nitrogens with two attached hydrogens (primary N) is 1. The summed E-state index contributed by atoms with van der Waals surface area (Å²) >= 11 is 0. The van der Waals surface area contributed by atoms with Gasteiger partial charge >= 0.3 is 0 Å². The van der Waals surface area contributed by atoms with Gasteiger partial charge < -0.3 is 21.9 Å². The summed E-state index contributed by atoms with van der Waals surface area (Å²) < 4.78 is 0. The Morgan fingerprint density at radius 3 is 2.93 bits per heavy atom. The summed E-state index contributed by atoms with van der Waals surface area (Å²) in [5.74, 6) is 0.307. The van der Waals surface area contributed by atoms with Crippen molar-refractivity contribution in [2.45, 2.75) is 38.5 Å². The SMILES string of the molecule is Cc1c(C#N)cnc2c1CCCC2Cc1ccc(C=N)c(N/C(C=N)=C/N)c1. The lowest BCUT2D eigenvalue weighted by Gasteiger charge is -2.26. The van der Waals surface area contributed by atoms with Crippen LogP contribution in [0.15, 0.2) is 36.3 Å². The van der Waals surface area contributed by atoms with Gasteiger partial charge in [0.05, 0.1) is 11.3 Å². The van der Waals surface area contributed by atoms with Crippen LogP contribution in [0.4, 0.5) is 5.69 Å². The molecule has 1 aromatic heterocycles. The molecule has 0 amide bonds. The van der Waals surface area contributed by atoms with Crippen LogP contribution in [-0.4, -0.2) is 17.4 Å². The summed E-state index contributed by atoms with van der Waals surface area (Å²) in [5, 5.41) is 27.4. The van der Waals surface area contributed by atoms with Crippen LogP contribution in [0.25, 0.3) is 0 Å². The van der Waals surface area contributed by atoms with Crippen molar-refractivity contribution in [1.82, 2.24) is 4.98 Å². The Hall–Kier alpha value is -3.46. The minimum atomic E-state index is 0.307. The number of allylic oxidation sites excluding steroid dienone is 1. The lowest BCUT2D eigenvalue weighted by molar-refractivity contribution is 0.533. The smallest absolute Gasteiger partial charge is 0.101 e. The molecule has 1 heterocycles. The highest BCUT2D eigenvalue weighted by atomic mass is 14.9. The van der Waals surface area contributed by atoms with Crippen LogP contribution < -0.4 is 11.1 Å². The summed E-state index contributed by atoms with van der Waals surface area (Å²) in [6.45, 7) is 2.01. The van der Waals surface area contributed by atoms with Gasteiger partial charge in [-0.05, 0) is 55.4 Å². The van der Waals surface area contributed by atoms with E-state index < -0.39 is 0 Å². The van der Waals surface area contributed by atoms with Gasteiger partial charge in [-0.3, -0.25) is 4.98 Å². The number of pyridine rings is 1. The zero-order valence-electron chi connectivity index (χ0n) is 15.9. The first kappa shape index (κ1) is 19.3. The number of benzene rings is 1. The van der Waals surface area contributed by atoms with Crippen molar-refractivity contribution in [2.24, 2.45) is 5.73 Å². The van der Waals surface area contributed by atoms with Gasteiger partial charge in [0, 0.05) is 47.7 Å². The minimum Gasteiger partial charge on any atom is -0.403 e. The molecule has 142 valence electrons. The average molecular weight is 372 g/mol. The number of fused-ring (bicyclic) bond motifs is 1. The molecule has 2 aromatic rings. The molecule has 1 atom stereocenters. The van der Waals surface area contributed by atoms with Gasteiger partial charge in [0.2, 0.25) is 0 Å². The van der Waals surface area contributed by atoms with Crippen molar-refractivity contribution in [3.8, 4) is 6.07 Å². The van der Waals surface area contributed by atoms with Crippen LogP contribution in [0.5, 0.6) is 0 Å². The molecule has 0 saturated carbocycles. The van der Waals surface area contributed by atoms with E-state index in [-0.39, 0.29) is 0 Å². The van der Waals surface area contributed by atoms with Gasteiger partial charge in [-0.1, -0.05) is 12.1 Å². The number of nitriles is 1. The standard InChI is InChI=1S/C22H24N6/c1-14-18(10-24)13-27-22-16(3-2-4-20(14)22)7-15-5-6-17(9-23)21(8-15)28-19(11-25)12-26/h5-6,8-9,11-13,16,23,25,28H,2-4,7,26H2,1H3/b19-12+,23-9?,25-11?. The molecule has 6 nitrogen and oxygen atoms in total. The Morgan fingerprint density at radius 2 is 2.25 bits per heavy atom. The highest BCUT2D eigenvalue weighted by Crippen LogP contribution is 2.35. The van der Waals surface area contributed by atoms with E-state index in [1.165, 1.54) is 18.0 Å². The molecular formula is C22H24N6. The van der Waals surface area contributed by atoms with Crippen LogP contribution >= 0.6 is 0 Å². The van der Waals surface area contributed by atoms with E-state index in [0.29, 0.717) is 17.2 Å². The molecule has 1 aromatic carbocycles. The van der Waals surface area contributed by atoms with E-state index in [2.05, 4.69) is 16.4 Å². The predicted molar refractivity (Wildman–Crippen MR) is 112 cm³/mol. The summed E-state index contributed by atoms with van der Waals surface area (Å²) in [6.07, 6.45) is 9.44. The van der Waals surface area contributed by atoms with Crippen molar-refractivity contribution in [2.75, 3.05) is 5.32 Å². The lowest BCUT2D eigenvalue weighted by atomic mass is 9.80. The quantitative estimate of drug-likeness (QED) is 0.576. The molecule has 1 aliphatic rings. The van der Waals surface area contributed by atoms with E-state index in [0.717, 1.165) is 60.0 Å². The van der Waals surface area contributed by atoms with E-state index in [9.17, 15) is 5.26 Å². The van der Waals surface area contributed by atoms with E-state index >= 15 is 0 Å². The Labute approximate surface area is 165 Å². The summed E-state index contributed by atoms with van der Waals surface area (Å²) in [6, 6.07) is 8.19. The number of anilines is 1.